The average Bonchev–Trinajstić information content (AvgIpc) is 2.63. The lowest BCUT2D eigenvalue weighted by molar-refractivity contribution is -0.167. The Kier molecular flexibility index (Phi) is 6.65. The lowest BCUT2D eigenvalue weighted by atomic mass is 9.85. The third-order valence-electron chi connectivity index (χ3n) is 5.88. The van der Waals surface area contributed by atoms with Crippen LogP contribution in [0.1, 0.15) is 35.1 Å². The van der Waals surface area contributed by atoms with E-state index in [2.05, 4.69) is 24.1 Å². The van der Waals surface area contributed by atoms with E-state index in [4.69, 9.17) is 4.74 Å². The summed E-state index contributed by atoms with van der Waals surface area (Å²) >= 11 is 0. The van der Waals surface area contributed by atoms with Gasteiger partial charge in [0, 0.05) is 34.2 Å². The number of hydrogen-bond acceptors (Lipinski definition) is 5. The predicted octanol–water partition coefficient (Wildman–Crippen LogP) is 2.10. The van der Waals surface area contributed by atoms with E-state index in [9.17, 15) is 9.59 Å². The smallest absolute Gasteiger partial charge is 0.331 e. The number of hydrazine groups is 1. The number of piperidine rings is 1. The molecular formula is C21H33N3O3. The Morgan fingerprint density at radius 2 is 1.59 bits per heavy atom. The highest BCUT2D eigenvalue weighted by atomic mass is 16.5. The van der Waals surface area contributed by atoms with Crippen LogP contribution in [0.15, 0.2) is 12.1 Å². The van der Waals surface area contributed by atoms with E-state index in [-0.39, 0.29) is 11.9 Å². The van der Waals surface area contributed by atoms with E-state index in [0.717, 1.165) is 16.7 Å². The van der Waals surface area contributed by atoms with Crippen LogP contribution in [0.25, 0.3) is 0 Å². The van der Waals surface area contributed by atoms with Crippen molar-refractivity contribution in [1.82, 2.24) is 14.9 Å². The quantitative estimate of drug-likeness (QED) is 0.738. The van der Waals surface area contributed by atoms with Gasteiger partial charge in [0.05, 0.1) is 13.5 Å². The van der Waals surface area contributed by atoms with Crippen molar-refractivity contribution in [3.8, 4) is 0 Å². The van der Waals surface area contributed by atoms with Gasteiger partial charge in [-0.3, -0.25) is 4.79 Å². The second-order valence-electron chi connectivity index (χ2n) is 7.83. The van der Waals surface area contributed by atoms with Crippen molar-refractivity contribution in [1.29, 1.82) is 0 Å². The van der Waals surface area contributed by atoms with Crippen LogP contribution >= 0.6 is 0 Å². The number of rotatable bonds is 5. The summed E-state index contributed by atoms with van der Waals surface area (Å²) in [6, 6.07) is 4.20. The number of methoxy groups -OCH3 is 1. The minimum atomic E-state index is -0.898. The van der Waals surface area contributed by atoms with Crippen molar-refractivity contribution in [3.63, 3.8) is 0 Å². The molecule has 2 rings (SSSR count). The maximum Gasteiger partial charge on any atom is 0.331 e. The molecular weight excluding hydrogens is 342 g/mol. The summed E-state index contributed by atoms with van der Waals surface area (Å²) in [5.74, 6) is -0.372. The summed E-state index contributed by atoms with van der Waals surface area (Å²) in [4.78, 5) is 27.5. The van der Waals surface area contributed by atoms with E-state index in [1.54, 1.807) is 11.9 Å². The Hall–Kier alpha value is -1.92. The normalized spacial score (nSPS) is 17.0. The molecule has 150 valence electrons. The largest absolute Gasteiger partial charge is 0.467 e. The van der Waals surface area contributed by atoms with Crippen LogP contribution in [0, 0.1) is 20.8 Å². The van der Waals surface area contributed by atoms with Crippen LogP contribution in [0.3, 0.4) is 0 Å². The first-order chi connectivity index (χ1) is 12.6. The Balaban J connectivity index is 2.25. The number of carbonyl (C=O) groups is 2. The molecule has 0 spiro atoms. The highest BCUT2D eigenvalue weighted by Crippen LogP contribution is 2.31. The van der Waals surface area contributed by atoms with Gasteiger partial charge in [-0.25, -0.2) is 14.8 Å². The molecule has 1 aliphatic rings. The van der Waals surface area contributed by atoms with Gasteiger partial charge < -0.3 is 9.64 Å². The fourth-order valence-electron chi connectivity index (χ4n) is 4.13. The summed E-state index contributed by atoms with van der Waals surface area (Å²) in [5, 5.41) is 4.20. The first-order valence-corrected chi connectivity index (χ1v) is 9.46. The average molecular weight is 376 g/mol. The number of nitrogens with zero attached hydrogens (tertiary/aromatic N) is 3. The van der Waals surface area contributed by atoms with E-state index >= 15 is 0 Å². The van der Waals surface area contributed by atoms with Gasteiger partial charge in [-0.1, -0.05) is 17.7 Å². The molecule has 0 atom stereocenters. The third kappa shape index (κ3) is 4.33. The fourth-order valence-corrected chi connectivity index (χ4v) is 4.13. The van der Waals surface area contributed by atoms with Crippen LogP contribution in [-0.4, -0.2) is 73.7 Å². The molecule has 6 heteroatoms. The molecule has 1 amide bonds. The summed E-state index contributed by atoms with van der Waals surface area (Å²) in [6.45, 7) is 7.55. The highest BCUT2D eigenvalue weighted by molar-refractivity contribution is 5.89. The molecule has 27 heavy (non-hydrogen) atoms. The van der Waals surface area contributed by atoms with Gasteiger partial charge in [-0.2, -0.15) is 0 Å². The van der Waals surface area contributed by atoms with Gasteiger partial charge in [0.2, 0.25) is 5.91 Å². The molecule has 1 heterocycles. The van der Waals surface area contributed by atoms with Crippen molar-refractivity contribution in [2.75, 3.05) is 41.3 Å². The van der Waals surface area contributed by atoms with Gasteiger partial charge in [-0.05, 0) is 50.3 Å². The molecule has 1 aromatic rings. The van der Waals surface area contributed by atoms with Gasteiger partial charge in [0.25, 0.3) is 0 Å². The molecule has 1 saturated heterocycles. The number of esters is 1. The van der Waals surface area contributed by atoms with Crippen molar-refractivity contribution < 1.29 is 14.3 Å². The molecule has 0 saturated carbocycles. The van der Waals surface area contributed by atoms with Gasteiger partial charge in [0.15, 0.2) is 0 Å². The number of hydrogen-bond donors (Lipinski definition) is 0. The zero-order valence-corrected chi connectivity index (χ0v) is 17.8. The Morgan fingerprint density at radius 1 is 1.07 bits per heavy atom. The van der Waals surface area contributed by atoms with Crippen molar-refractivity contribution in [2.24, 2.45) is 0 Å². The zero-order chi connectivity index (χ0) is 20.4. The number of ether oxygens (including phenoxy) is 1. The molecule has 1 aromatic carbocycles. The summed E-state index contributed by atoms with van der Waals surface area (Å²) in [7, 11) is 7.12. The van der Waals surface area contributed by atoms with Crippen LogP contribution in [0.2, 0.25) is 0 Å². The van der Waals surface area contributed by atoms with E-state index in [0.29, 0.717) is 32.4 Å². The molecule has 1 aliphatic heterocycles. The Bertz CT molecular complexity index is 684. The number of aryl methyl sites for hydroxylation is 3. The van der Waals surface area contributed by atoms with E-state index in [1.807, 2.05) is 33.0 Å². The highest BCUT2D eigenvalue weighted by Gasteiger charge is 2.48. The topological polar surface area (TPSA) is 53.1 Å². The molecule has 6 nitrogen and oxygen atoms in total. The summed E-state index contributed by atoms with van der Waals surface area (Å²) < 4.78 is 5.11. The standard InChI is InChI=1S/C21H33N3O3/c1-15-12-16(2)18(17(3)13-15)14-19(25)23(6)21(20(26)27-7)8-10-24(11-9-21)22(4)5/h12-13H,8-11,14H2,1-7H3. The van der Waals surface area contributed by atoms with E-state index < -0.39 is 5.54 Å². The second kappa shape index (κ2) is 8.40. The Labute approximate surface area is 163 Å². The van der Waals surface area contributed by atoms with Gasteiger partial charge in [-0.15, -0.1) is 0 Å². The van der Waals surface area contributed by atoms with Crippen LogP contribution in [0.5, 0.6) is 0 Å². The molecule has 1 fully saturated rings. The third-order valence-corrected chi connectivity index (χ3v) is 5.88. The van der Waals surface area contributed by atoms with Crippen molar-refractivity contribution in [2.45, 2.75) is 45.6 Å². The number of benzene rings is 1. The molecule has 0 radical (unpaired) electrons. The summed E-state index contributed by atoms with van der Waals surface area (Å²) in [5.41, 5.74) is 3.57. The fraction of sp³-hybridized carbons (Fsp3) is 0.619. The molecule has 0 aromatic heterocycles. The minimum absolute atomic E-state index is 0.0474. The molecule has 0 N–H and O–H groups in total. The number of likely N-dealkylation sites (N-methyl/N-ethyl adjacent to an activating group) is 1. The lowest BCUT2D eigenvalue weighted by Crippen LogP contribution is -2.62. The number of carbonyl (C=O) groups excluding carboxylic acids is 2. The zero-order valence-electron chi connectivity index (χ0n) is 17.8. The van der Waals surface area contributed by atoms with Crippen LogP contribution in [0.4, 0.5) is 0 Å². The maximum atomic E-state index is 13.1. The molecule has 0 bridgehead atoms. The van der Waals surface area contributed by atoms with Gasteiger partial charge >= 0.3 is 5.97 Å². The monoisotopic (exact) mass is 375 g/mol. The first kappa shape index (κ1) is 21.4. The van der Waals surface area contributed by atoms with Crippen LogP contribution < -0.4 is 0 Å². The second-order valence-corrected chi connectivity index (χ2v) is 7.83. The van der Waals surface area contributed by atoms with Gasteiger partial charge in [0.1, 0.15) is 5.54 Å². The van der Waals surface area contributed by atoms with Crippen LogP contribution in [-0.2, 0) is 20.7 Å². The van der Waals surface area contributed by atoms with Crippen molar-refractivity contribution >= 4 is 11.9 Å². The lowest BCUT2D eigenvalue weighted by Gasteiger charge is -2.46. The first-order valence-electron chi connectivity index (χ1n) is 9.46. The predicted molar refractivity (Wildman–Crippen MR) is 106 cm³/mol. The molecule has 0 aliphatic carbocycles. The summed E-state index contributed by atoms with van der Waals surface area (Å²) in [6.07, 6.45) is 1.42. The number of amides is 1. The molecule has 0 unspecified atom stereocenters. The minimum Gasteiger partial charge on any atom is -0.467 e. The Morgan fingerprint density at radius 3 is 2.04 bits per heavy atom. The maximum absolute atomic E-state index is 13.1. The SMILES string of the molecule is COC(=O)C1(N(C)C(=O)Cc2c(C)cc(C)cc2C)CCN(N(C)C)CC1. The van der Waals surface area contributed by atoms with E-state index in [1.165, 1.54) is 12.7 Å². The van der Waals surface area contributed by atoms with Crippen molar-refractivity contribution in [3.05, 3.63) is 34.4 Å².